The van der Waals surface area contributed by atoms with Crippen molar-refractivity contribution < 1.29 is 28.5 Å². The van der Waals surface area contributed by atoms with Gasteiger partial charge < -0.3 is 20.2 Å². The molecule has 2 aliphatic heterocycles. The number of halogens is 3. The van der Waals surface area contributed by atoms with E-state index in [0.29, 0.717) is 25.5 Å². The second-order valence-electron chi connectivity index (χ2n) is 7.20. The highest BCUT2D eigenvalue weighted by Crippen LogP contribution is 2.32. The number of β-amino-alcohol motifs (C(OH)–C–C–N with tert-alkyl or cyclic N) is 2. The molecule has 4 atom stereocenters. The van der Waals surface area contributed by atoms with Gasteiger partial charge in [-0.3, -0.25) is 4.90 Å². The van der Waals surface area contributed by atoms with Crippen LogP contribution in [0.1, 0.15) is 18.4 Å². The molecular weight excluding hydrogens is 351 g/mol. The molecule has 1 aromatic heterocycles. The summed E-state index contributed by atoms with van der Waals surface area (Å²) in [5.41, 5.74) is -0.708. The molecule has 146 valence electrons. The summed E-state index contributed by atoms with van der Waals surface area (Å²) in [6.45, 7) is 2.37. The highest BCUT2D eigenvalue weighted by atomic mass is 19.4. The average molecular weight is 375 g/mol. The highest BCUT2D eigenvalue weighted by Gasteiger charge is 2.35. The fourth-order valence-corrected chi connectivity index (χ4v) is 3.78. The molecule has 2 saturated heterocycles. The Morgan fingerprint density at radius 2 is 1.81 bits per heavy atom. The van der Waals surface area contributed by atoms with Crippen LogP contribution in [0.3, 0.4) is 0 Å². The normalized spacial score (nSPS) is 31.2. The van der Waals surface area contributed by atoms with Crippen LogP contribution in [0.15, 0.2) is 18.3 Å². The van der Waals surface area contributed by atoms with Gasteiger partial charge in [0, 0.05) is 38.9 Å². The van der Waals surface area contributed by atoms with Crippen molar-refractivity contribution in [2.24, 2.45) is 5.92 Å². The summed E-state index contributed by atoms with van der Waals surface area (Å²) < 4.78 is 38.7. The lowest BCUT2D eigenvalue weighted by molar-refractivity contribution is -0.137. The largest absolute Gasteiger partial charge is 0.416 e. The monoisotopic (exact) mass is 375 g/mol. The number of likely N-dealkylation sites (tertiary alicyclic amines) is 1. The quantitative estimate of drug-likeness (QED) is 0.722. The van der Waals surface area contributed by atoms with Crippen LogP contribution in [-0.4, -0.2) is 76.2 Å². The van der Waals surface area contributed by atoms with Gasteiger partial charge in [-0.05, 0) is 30.9 Å². The standard InChI is InChI=1S/C17H24F3N3O3/c18-17(19,20)12-3-4-21-15(6-12)23-5-1-2-11(8-23)7-22-9-13(24)16(26)14(25)10-22/h3-4,6,11,13-14,16,24-26H,1-2,5,7-10H2/t11-,13-,14+,16?/m1/s1. The molecule has 1 unspecified atom stereocenters. The Kier molecular flexibility index (Phi) is 5.71. The summed E-state index contributed by atoms with van der Waals surface area (Å²) in [5.74, 6) is 0.508. The molecule has 0 amide bonds. The van der Waals surface area contributed by atoms with Crippen molar-refractivity contribution in [3.63, 3.8) is 0 Å². The van der Waals surface area contributed by atoms with Crippen LogP contribution in [0.25, 0.3) is 0 Å². The Morgan fingerprint density at radius 1 is 1.12 bits per heavy atom. The minimum absolute atomic E-state index is 0.190. The van der Waals surface area contributed by atoms with Gasteiger partial charge in [0.2, 0.25) is 0 Å². The fourth-order valence-electron chi connectivity index (χ4n) is 3.78. The maximum Gasteiger partial charge on any atom is 0.416 e. The van der Waals surface area contributed by atoms with Gasteiger partial charge in [-0.2, -0.15) is 13.2 Å². The topological polar surface area (TPSA) is 80.1 Å². The lowest BCUT2D eigenvalue weighted by atomic mass is 9.95. The molecule has 3 rings (SSSR count). The van der Waals surface area contributed by atoms with Crippen LogP contribution in [0, 0.1) is 5.92 Å². The summed E-state index contributed by atoms with van der Waals surface area (Å²) in [6, 6.07) is 2.04. The molecule has 3 heterocycles. The van der Waals surface area contributed by atoms with E-state index in [2.05, 4.69) is 4.98 Å². The van der Waals surface area contributed by atoms with Crippen molar-refractivity contribution in [1.82, 2.24) is 9.88 Å². The van der Waals surface area contributed by atoms with Crippen LogP contribution < -0.4 is 4.90 Å². The summed E-state index contributed by atoms with van der Waals surface area (Å²) >= 11 is 0. The van der Waals surface area contributed by atoms with Crippen molar-refractivity contribution in [2.75, 3.05) is 37.6 Å². The number of anilines is 1. The van der Waals surface area contributed by atoms with E-state index in [9.17, 15) is 28.5 Å². The van der Waals surface area contributed by atoms with E-state index in [-0.39, 0.29) is 19.0 Å². The first-order valence-corrected chi connectivity index (χ1v) is 8.79. The van der Waals surface area contributed by atoms with Crippen molar-refractivity contribution in [3.05, 3.63) is 23.9 Å². The van der Waals surface area contributed by atoms with E-state index < -0.39 is 30.1 Å². The van der Waals surface area contributed by atoms with Crippen LogP contribution >= 0.6 is 0 Å². The summed E-state index contributed by atoms with van der Waals surface area (Å²) in [6.07, 6.45) is -4.59. The van der Waals surface area contributed by atoms with Crippen molar-refractivity contribution in [3.8, 4) is 0 Å². The average Bonchev–Trinajstić information content (AvgIpc) is 2.59. The number of alkyl halides is 3. The Labute approximate surface area is 149 Å². The van der Waals surface area contributed by atoms with Gasteiger partial charge >= 0.3 is 6.18 Å². The Balaban J connectivity index is 1.63. The first kappa shape index (κ1) is 19.3. The maximum absolute atomic E-state index is 12.9. The first-order valence-electron chi connectivity index (χ1n) is 8.79. The number of rotatable bonds is 3. The van der Waals surface area contributed by atoms with Gasteiger partial charge in [0.15, 0.2) is 0 Å². The molecule has 0 spiro atoms. The molecule has 1 aromatic rings. The smallest absolute Gasteiger partial charge is 0.389 e. The maximum atomic E-state index is 12.9. The molecule has 0 aromatic carbocycles. The summed E-state index contributed by atoms with van der Waals surface area (Å²) in [7, 11) is 0. The van der Waals surface area contributed by atoms with Crippen LogP contribution in [-0.2, 0) is 6.18 Å². The second kappa shape index (κ2) is 7.67. The van der Waals surface area contributed by atoms with Crippen molar-refractivity contribution >= 4 is 5.82 Å². The Hall–Kier alpha value is -1.42. The number of hydrogen-bond acceptors (Lipinski definition) is 6. The van der Waals surface area contributed by atoms with E-state index in [1.165, 1.54) is 6.20 Å². The zero-order valence-corrected chi connectivity index (χ0v) is 14.3. The Bertz CT molecular complexity index is 604. The highest BCUT2D eigenvalue weighted by molar-refractivity contribution is 5.42. The third kappa shape index (κ3) is 4.46. The van der Waals surface area contributed by atoms with Gasteiger partial charge in [-0.1, -0.05) is 0 Å². The molecule has 6 nitrogen and oxygen atoms in total. The molecule has 0 saturated carbocycles. The Morgan fingerprint density at radius 3 is 2.46 bits per heavy atom. The van der Waals surface area contributed by atoms with Crippen LogP contribution in [0.4, 0.5) is 19.0 Å². The third-order valence-electron chi connectivity index (χ3n) is 5.11. The summed E-state index contributed by atoms with van der Waals surface area (Å²) in [5, 5.41) is 29.2. The predicted molar refractivity (Wildman–Crippen MR) is 88.6 cm³/mol. The van der Waals surface area contributed by atoms with E-state index in [4.69, 9.17) is 0 Å². The molecular formula is C17H24F3N3O3. The molecule has 0 bridgehead atoms. The minimum Gasteiger partial charge on any atom is -0.389 e. The number of nitrogens with zero attached hydrogens (tertiary/aromatic N) is 3. The zero-order valence-electron chi connectivity index (χ0n) is 14.3. The van der Waals surface area contributed by atoms with Gasteiger partial charge in [0.05, 0.1) is 17.8 Å². The zero-order chi connectivity index (χ0) is 18.9. The van der Waals surface area contributed by atoms with E-state index >= 15 is 0 Å². The second-order valence-corrected chi connectivity index (χ2v) is 7.20. The summed E-state index contributed by atoms with van der Waals surface area (Å²) in [4.78, 5) is 7.85. The van der Waals surface area contributed by atoms with Gasteiger partial charge in [0.1, 0.15) is 11.9 Å². The van der Waals surface area contributed by atoms with Gasteiger partial charge in [-0.25, -0.2) is 4.98 Å². The lowest BCUT2D eigenvalue weighted by Gasteiger charge is -2.41. The van der Waals surface area contributed by atoms with Crippen LogP contribution in [0.5, 0.6) is 0 Å². The van der Waals surface area contributed by atoms with Gasteiger partial charge in [-0.15, -0.1) is 0 Å². The number of aliphatic hydroxyl groups is 3. The number of piperidine rings is 2. The molecule has 3 N–H and O–H groups in total. The number of aliphatic hydroxyl groups excluding tert-OH is 3. The van der Waals surface area contributed by atoms with Crippen LogP contribution in [0.2, 0.25) is 0 Å². The molecule has 2 fully saturated rings. The molecule has 9 heteroatoms. The van der Waals surface area contributed by atoms with Gasteiger partial charge in [0.25, 0.3) is 0 Å². The molecule has 2 aliphatic rings. The predicted octanol–water partition coefficient (Wildman–Crippen LogP) is 0.715. The molecule has 26 heavy (non-hydrogen) atoms. The van der Waals surface area contributed by atoms with E-state index in [1.807, 2.05) is 9.80 Å². The third-order valence-corrected chi connectivity index (χ3v) is 5.11. The fraction of sp³-hybridized carbons (Fsp3) is 0.706. The van der Waals surface area contributed by atoms with Crippen molar-refractivity contribution in [1.29, 1.82) is 0 Å². The number of pyridine rings is 1. The number of hydrogen-bond donors (Lipinski definition) is 3. The number of aromatic nitrogens is 1. The van der Waals surface area contributed by atoms with E-state index in [1.54, 1.807) is 0 Å². The SMILES string of the molecule is OC1[C@H](O)CN(C[C@H]2CCCN(c3cc(C(F)(F)F)ccn3)C2)C[C@@H]1O. The minimum atomic E-state index is -4.40. The van der Waals surface area contributed by atoms with Crippen molar-refractivity contribution in [2.45, 2.75) is 37.3 Å². The first-order chi connectivity index (χ1) is 12.2. The lowest BCUT2D eigenvalue weighted by Crippen LogP contribution is -2.56. The van der Waals surface area contributed by atoms with E-state index in [0.717, 1.165) is 25.0 Å². The molecule has 0 radical (unpaired) electrons. The molecule has 0 aliphatic carbocycles.